The summed E-state index contributed by atoms with van der Waals surface area (Å²) >= 11 is 0. The average Bonchev–Trinajstić information content (AvgIpc) is 2.65. The van der Waals surface area contributed by atoms with Gasteiger partial charge in [-0.25, -0.2) is 17.9 Å². The summed E-state index contributed by atoms with van der Waals surface area (Å²) < 4.78 is 42.4. The van der Waals surface area contributed by atoms with E-state index in [2.05, 4.69) is 9.46 Å². The molecular formula is C17H19NO6S. The fourth-order valence-corrected chi connectivity index (χ4v) is 3.24. The number of carbonyl (C=O) groups excluding carboxylic acids is 1. The van der Waals surface area contributed by atoms with Gasteiger partial charge in [0.05, 0.1) is 31.8 Å². The van der Waals surface area contributed by atoms with Gasteiger partial charge in [0.15, 0.2) is 0 Å². The Balaban J connectivity index is 2.24. The number of nitrogens with one attached hydrogen (secondary N) is 1. The second kappa shape index (κ2) is 8.00. The second-order valence-corrected chi connectivity index (χ2v) is 6.79. The molecule has 8 heteroatoms. The lowest BCUT2D eigenvalue weighted by atomic mass is 10.2. The van der Waals surface area contributed by atoms with E-state index in [0.717, 1.165) is 0 Å². The van der Waals surface area contributed by atoms with Gasteiger partial charge in [-0.3, -0.25) is 0 Å². The number of carbonyl (C=O) groups is 1. The maximum absolute atomic E-state index is 12.5. The van der Waals surface area contributed by atoms with Crippen LogP contribution in [0.2, 0.25) is 0 Å². The Bertz CT molecular complexity index is 863. The molecule has 2 rings (SSSR count). The minimum atomic E-state index is -3.82. The van der Waals surface area contributed by atoms with Gasteiger partial charge in [0, 0.05) is 12.1 Å². The monoisotopic (exact) mass is 365 g/mol. The zero-order chi connectivity index (χ0) is 18.4. The van der Waals surface area contributed by atoms with Crippen LogP contribution in [0, 0.1) is 0 Å². The van der Waals surface area contributed by atoms with Crippen LogP contribution >= 0.6 is 0 Å². The van der Waals surface area contributed by atoms with E-state index in [-0.39, 0.29) is 17.0 Å². The Kier molecular flexibility index (Phi) is 6.00. The summed E-state index contributed by atoms with van der Waals surface area (Å²) in [5.74, 6) is 0.515. The molecule has 0 aliphatic heterocycles. The number of rotatable bonds is 7. The molecule has 0 heterocycles. The van der Waals surface area contributed by atoms with Crippen molar-refractivity contribution in [3.05, 3.63) is 53.6 Å². The summed E-state index contributed by atoms with van der Waals surface area (Å²) in [4.78, 5) is 11.5. The maximum atomic E-state index is 12.5. The van der Waals surface area contributed by atoms with Crippen molar-refractivity contribution in [1.82, 2.24) is 4.72 Å². The van der Waals surface area contributed by atoms with Crippen LogP contribution in [0.3, 0.4) is 0 Å². The topological polar surface area (TPSA) is 90.9 Å². The van der Waals surface area contributed by atoms with Crippen LogP contribution in [0.15, 0.2) is 47.4 Å². The van der Waals surface area contributed by atoms with Crippen LogP contribution in [0.1, 0.15) is 15.9 Å². The lowest BCUT2D eigenvalue weighted by molar-refractivity contribution is 0.0600. The van der Waals surface area contributed by atoms with Gasteiger partial charge in [0.25, 0.3) is 0 Å². The smallest absolute Gasteiger partial charge is 0.337 e. The van der Waals surface area contributed by atoms with Crippen LogP contribution in [-0.2, 0) is 21.3 Å². The lowest BCUT2D eigenvalue weighted by Crippen LogP contribution is -2.23. The molecule has 2 aromatic carbocycles. The first-order valence-electron chi connectivity index (χ1n) is 7.30. The number of sulfonamides is 1. The molecule has 0 aliphatic carbocycles. The molecule has 1 N–H and O–H groups in total. The first-order chi connectivity index (χ1) is 11.9. The molecule has 0 unspecified atom stereocenters. The summed E-state index contributed by atoms with van der Waals surface area (Å²) in [6.07, 6.45) is 0. The minimum absolute atomic E-state index is 0.00512. The van der Waals surface area contributed by atoms with E-state index in [9.17, 15) is 13.2 Å². The molecule has 134 valence electrons. The van der Waals surface area contributed by atoms with Crippen molar-refractivity contribution in [2.75, 3.05) is 21.3 Å². The molecule has 0 atom stereocenters. The molecule has 0 saturated carbocycles. The number of methoxy groups -OCH3 is 3. The number of hydrogen-bond donors (Lipinski definition) is 1. The zero-order valence-electron chi connectivity index (χ0n) is 14.1. The molecule has 7 nitrogen and oxygen atoms in total. The summed E-state index contributed by atoms with van der Waals surface area (Å²) in [7, 11) is 0.433. The molecule has 0 amide bonds. The van der Waals surface area contributed by atoms with Crippen molar-refractivity contribution in [2.45, 2.75) is 11.4 Å². The first-order valence-corrected chi connectivity index (χ1v) is 8.78. The highest BCUT2D eigenvalue weighted by molar-refractivity contribution is 7.89. The SMILES string of the molecule is COC(=O)c1cccc(S(=O)(=O)NCc2cc(OC)ccc2OC)c1. The summed E-state index contributed by atoms with van der Waals surface area (Å²) in [5, 5.41) is 0. The third-order valence-electron chi connectivity index (χ3n) is 3.51. The minimum Gasteiger partial charge on any atom is -0.497 e. The molecule has 0 spiro atoms. The van der Waals surface area contributed by atoms with Crippen molar-refractivity contribution in [1.29, 1.82) is 0 Å². The molecule has 0 aliphatic rings. The van der Waals surface area contributed by atoms with Gasteiger partial charge in [0.2, 0.25) is 10.0 Å². The van der Waals surface area contributed by atoms with E-state index in [1.165, 1.54) is 45.6 Å². The number of esters is 1. The van der Waals surface area contributed by atoms with Crippen molar-refractivity contribution in [3.63, 3.8) is 0 Å². The van der Waals surface area contributed by atoms with Gasteiger partial charge in [-0.2, -0.15) is 0 Å². The van der Waals surface area contributed by atoms with Crippen molar-refractivity contribution in [3.8, 4) is 11.5 Å². The number of benzene rings is 2. The molecular weight excluding hydrogens is 346 g/mol. The van der Waals surface area contributed by atoms with Crippen LogP contribution in [0.5, 0.6) is 11.5 Å². The van der Waals surface area contributed by atoms with Crippen LogP contribution in [0.25, 0.3) is 0 Å². The van der Waals surface area contributed by atoms with Gasteiger partial charge in [-0.05, 0) is 36.4 Å². The lowest BCUT2D eigenvalue weighted by Gasteiger charge is -2.12. The van der Waals surface area contributed by atoms with E-state index in [1.54, 1.807) is 18.2 Å². The quantitative estimate of drug-likeness (QED) is 0.755. The average molecular weight is 365 g/mol. The van der Waals surface area contributed by atoms with Gasteiger partial charge < -0.3 is 14.2 Å². The van der Waals surface area contributed by atoms with Gasteiger partial charge in [0.1, 0.15) is 11.5 Å². The molecule has 0 radical (unpaired) electrons. The fourth-order valence-electron chi connectivity index (χ4n) is 2.18. The molecule has 0 bridgehead atoms. The highest BCUT2D eigenvalue weighted by atomic mass is 32.2. The molecule has 2 aromatic rings. The Morgan fingerprint density at radius 1 is 1.04 bits per heavy atom. The van der Waals surface area contributed by atoms with E-state index < -0.39 is 16.0 Å². The maximum Gasteiger partial charge on any atom is 0.337 e. The van der Waals surface area contributed by atoms with Gasteiger partial charge in [-0.1, -0.05) is 6.07 Å². The van der Waals surface area contributed by atoms with E-state index in [0.29, 0.717) is 17.1 Å². The van der Waals surface area contributed by atoms with Crippen LogP contribution in [0.4, 0.5) is 0 Å². The number of hydrogen-bond acceptors (Lipinski definition) is 6. The molecule has 0 saturated heterocycles. The Morgan fingerprint density at radius 2 is 1.80 bits per heavy atom. The van der Waals surface area contributed by atoms with E-state index >= 15 is 0 Å². The van der Waals surface area contributed by atoms with Crippen LogP contribution in [-0.4, -0.2) is 35.7 Å². The molecule has 0 fully saturated rings. The van der Waals surface area contributed by atoms with Crippen molar-refractivity contribution >= 4 is 16.0 Å². The fraction of sp³-hybridized carbons (Fsp3) is 0.235. The normalized spacial score (nSPS) is 11.0. The highest BCUT2D eigenvalue weighted by Gasteiger charge is 2.17. The van der Waals surface area contributed by atoms with E-state index in [1.807, 2.05) is 0 Å². The van der Waals surface area contributed by atoms with Crippen molar-refractivity contribution in [2.24, 2.45) is 0 Å². The van der Waals surface area contributed by atoms with Gasteiger partial charge >= 0.3 is 5.97 Å². The third kappa shape index (κ3) is 4.49. The van der Waals surface area contributed by atoms with Crippen LogP contribution < -0.4 is 14.2 Å². The molecule has 0 aromatic heterocycles. The highest BCUT2D eigenvalue weighted by Crippen LogP contribution is 2.24. The second-order valence-electron chi connectivity index (χ2n) is 5.02. The summed E-state index contributed by atoms with van der Waals surface area (Å²) in [6, 6.07) is 10.7. The third-order valence-corrected chi connectivity index (χ3v) is 4.90. The Morgan fingerprint density at radius 3 is 2.44 bits per heavy atom. The predicted octanol–water partition coefficient (Wildman–Crippen LogP) is 1.97. The van der Waals surface area contributed by atoms with Gasteiger partial charge in [-0.15, -0.1) is 0 Å². The largest absolute Gasteiger partial charge is 0.497 e. The summed E-state index contributed by atoms with van der Waals surface area (Å²) in [6.45, 7) is 0.00512. The number of ether oxygens (including phenoxy) is 3. The molecule has 25 heavy (non-hydrogen) atoms. The van der Waals surface area contributed by atoms with Crippen molar-refractivity contribution < 1.29 is 27.4 Å². The van der Waals surface area contributed by atoms with E-state index in [4.69, 9.17) is 9.47 Å². The Labute approximate surface area is 146 Å². The standard InChI is InChI=1S/C17H19NO6S/c1-22-14-7-8-16(23-2)13(9-14)11-18-25(20,21)15-6-4-5-12(10-15)17(19)24-3/h4-10,18H,11H2,1-3H3. The zero-order valence-corrected chi connectivity index (χ0v) is 14.9. The first kappa shape index (κ1) is 18.8. The predicted molar refractivity (Wildman–Crippen MR) is 91.4 cm³/mol. The summed E-state index contributed by atoms with van der Waals surface area (Å²) in [5.41, 5.74) is 0.777. The Hall–Kier alpha value is -2.58.